The quantitative estimate of drug-likeness (QED) is 0.708. The van der Waals surface area contributed by atoms with Gasteiger partial charge in [0, 0.05) is 23.7 Å². The van der Waals surface area contributed by atoms with Crippen molar-refractivity contribution in [3.05, 3.63) is 58.9 Å². The summed E-state index contributed by atoms with van der Waals surface area (Å²) in [6.45, 7) is 3.85. The van der Waals surface area contributed by atoms with Gasteiger partial charge < -0.3 is 4.74 Å². The van der Waals surface area contributed by atoms with Crippen molar-refractivity contribution in [2.45, 2.75) is 6.42 Å². The second kappa shape index (κ2) is 7.70. The lowest BCUT2D eigenvalue weighted by Gasteiger charge is -2.07. The Morgan fingerprint density at radius 3 is 2.65 bits per heavy atom. The van der Waals surface area contributed by atoms with Gasteiger partial charge in [0.05, 0.1) is 6.61 Å². The summed E-state index contributed by atoms with van der Waals surface area (Å²) in [5.74, 6) is 0.644. The highest BCUT2D eigenvalue weighted by molar-refractivity contribution is 7.92. The van der Waals surface area contributed by atoms with Crippen molar-refractivity contribution in [1.82, 2.24) is 14.9 Å². The van der Waals surface area contributed by atoms with Gasteiger partial charge in [-0.3, -0.25) is 4.79 Å². The summed E-state index contributed by atoms with van der Waals surface area (Å²) in [7, 11) is -3.38. The Kier molecular flexibility index (Phi) is 5.67. The number of nitrogens with zero attached hydrogens (tertiary/aromatic N) is 1. The summed E-state index contributed by atoms with van der Waals surface area (Å²) in [5, 5.41) is 6.90. The van der Waals surface area contributed by atoms with Crippen LogP contribution in [0.1, 0.15) is 6.42 Å². The van der Waals surface area contributed by atoms with E-state index in [0.29, 0.717) is 24.3 Å². The fraction of sp³-hybridized carbons (Fsp3) is 0.200. The molecular weight excluding hydrogens is 318 g/mol. The maximum absolute atomic E-state index is 11.6. The molecular formula is C15H17N3O4S. The van der Waals surface area contributed by atoms with E-state index in [1.54, 1.807) is 30.3 Å². The molecule has 0 saturated heterocycles. The Bertz CT molecular complexity index is 813. The molecule has 0 unspecified atom stereocenters. The highest BCUT2D eigenvalue weighted by Crippen LogP contribution is 2.19. The van der Waals surface area contributed by atoms with Crippen LogP contribution in [0.5, 0.6) is 5.75 Å². The highest BCUT2D eigenvalue weighted by atomic mass is 32.2. The zero-order valence-electron chi connectivity index (χ0n) is 12.4. The predicted octanol–water partition coefficient (Wildman–Crippen LogP) is 1.27. The van der Waals surface area contributed by atoms with Gasteiger partial charge in [0.2, 0.25) is 10.0 Å². The number of aromatic nitrogens is 2. The lowest BCUT2D eigenvalue weighted by Crippen LogP contribution is -2.23. The molecule has 0 radical (unpaired) electrons. The first-order valence-corrected chi connectivity index (χ1v) is 8.45. The molecule has 23 heavy (non-hydrogen) atoms. The van der Waals surface area contributed by atoms with Crippen LogP contribution in [0.15, 0.2) is 53.3 Å². The van der Waals surface area contributed by atoms with Gasteiger partial charge in [-0.1, -0.05) is 18.7 Å². The van der Waals surface area contributed by atoms with E-state index in [9.17, 15) is 13.2 Å². The van der Waals surface area contributed by atoms with E-state index in [1.165, 1.54) is 6.20 Å². The minimum Gasteiger partial charge on any atom is -0.494 e. The third-order valence-corrected chi connectivity index (χ3v) is 4.05. The average Bonchev–Trinajstić information content (AvgIpc) is 2.56. The molecule has 0 amide bonds. The van der Waals surface area contributed by atoms with Gasteiger partial charge >= 0.3 is 0 Å². The van der Waals surface area contributed by atoms with Gasteiger partial charge in [-0.15, -0.1) is 0 Å². The normalized spacial score (nSPS) is 11.1. The minimum atomic E-state index is -3.38. The predicted molar refractivity (Wildman–Crippen MR) is 87.5 cm³/mol. The molecule has 0 fully saturated rings. The van der Waals surface area contributed by atoms with Crippen LogP contribution in [0.25, 0.3) is 11.1 Å². The molecule has 2 aromatic rings. The Labute approximate surface area is 134 Å². The van der Waals surface area contributed by atoms with E-state index in [1.807, 2.05) is 0 Å². The van der Waals surface area contributed by atoms with Gasteiger partial charge in [0.25, 0.3) is 5.56 Å². The lowest BCUT2D eigenvalue weighted by molar-refractivity contribution is 0.311. The van der Waals surface area contributed by atoms with Crippen LogP contribution in [0.3, 0.4) is 0 Å². The summed E-state index contributed by atoms with van der Waals surface area (Å²) >= 11 is 0. The number of hydrogen-bond acceptors (Lipinski definition) is 5. The van der Waals surface area contributed by atoms with Crippen LogP contribution in [0.4, 0.5) is 0 Å². The van der Waals surface area contributed by atoms with Crippen molar-refractivity contribution < 1.29 is 13.2 Å². The summed E-state index contributed by atoms with van der Waals surface area (Å²) in [5.41, 5.74) is 1.04. The maximum atomic E-state index is 11.6. The molecule has 0 bridgehead atoms. The molecule has 122 valence electrons. The van der Waals surface area contributed by atoms with Crippen molar-refractivity contribution in [1.29, 1.82) is 0 Å². The second-order valence-corrected chi connectivity index (χ2v) is 6.34. The number of nitrogens with one attached hydrogen (secondary N) is 2. The van der Waals surface area contributed by atoms with Crippen molar-refractivity contribution in [3.8, 4) is 16.9 Å². The maximum Gasteiger partial charge on any atom is 0.272 e. The average molecular weight is 335 g/mol. The fourth-order valence-corrected chi connectivity index (χ4v) is 2.38. The van der Waals surface area contributed by atoms with Crippen LogP contribution < -0.4 is 15.0 Å². The van der Waals surface area contributed by atoms with E-state index in [0.717, 1.165) is 11.0 Å². The first-order chi connectivity index (χ1) is 11.0. The third-order valence-electron chi connectivity index (χ3n) is 3.00. The van der Waals surface area contributed by atoms with Crippen LogP contribution >= 0.6 is 0 Å². The van der Waals surface area contributed by atoms with Gasteiger partial charge in [0.15, 0.2) is 0 Å². The Morgan fingerprint density at radius 2 is 2.00 bits per heavy atom. The van der Waals surface area contributed by atoms with Gasteiger partial charge in [-0.2, -0.15) is 5.10 Å². The molecule has 0 aliphatic rings. The second-order valence-electron chi connectivity index (χ2n) is 4.63. The molecule has 0 saturated carbocycles. The van der Waals surface area contributed by atoms with Crippen LogP contribution in [0, 0.1) is 0 Å². The van der Waals surface area contributed by atoms with Gasteiger partial charge in [0.1, 0.15) is 5.75 Å². The van der Waals surface area contributed by atoms with Crippen LogP contribution in [0.2, 0.25) is 0 Å². The van der Waals surface area contributed by atoms with E-state index in [4.69, 9.17) is 4.74 Å². The molecule has 0 spiro atoms. The SMILES string of the molecule is C=CS(=O)(=O)NCCCOc1ccc(-c2ccn[nH]c2=O)cc1. The first kappa shape index (κ1) is 16.9. The molecule has 2 rings (SSSR count). The number of ether oxygens (including phenoxy) is 1. The number of hydrogen-bond donors (Lipinski definition) is 2. The molecule has 0 aliphatic carbocycles. The fourth-order valence-electron chi connectivity index (χ4n) is 1.84. The van der Waals surface area contributed by atoms with Crippen LogP contribution in [-0.4, -0.2) is 31.8 Å². The van der Waals surface area contributed by atoms with E-state index in [2.05, 4.69) is 21.5 Å². The van der Waals surface area contributed by atoms with Gasteiger partial charge in [-0.05, 0) is 30.2 Å². The molecule has 1 aromatic carbocycles. The molecule has 7 nitrogen and oxygen atoms in total. The Morgan fingerprint density at radius 1 is 1.26 bits per heavy atom. The highest BCUT2D eigenvalue weighted by Gasteiger charge is 2.04. The minimum absolute atomic E-state index is 0.254. The van der Waals surface area contributed by atoms with Gasteiger partial charge in [-0.25, -0.2) is 18.2 Å². The first-order valence-electron chi connectivity index (χ1n) is 6.91. The van der Waals surface area contributed by atoms with E-state index in [-0.39, 0.29) is 12.1 Å². The van der Waals surface area contributed by atoms with Crippen molar-refractivity contribution in [2.75, 3.05) is 13.2 Å². The zero-order chi connectivity index (χ0) is 16.7. The number of H-pyrrole nitrogens is 1. The van der Waals surface area contributed by atoms with Crippen molar-refractivity contribution in [3.63, 3.8) is 0 Å². The number of rotatable bonds is 8. The van der Waals surface area contributed by atoms with Crippen LogP contribution in [-0.2, 0) is 10.0 Å². The molecule has 0 atom stereocenters. The van der Waals surface area contributed by atoms with Crippen molar-refractivity contribution >= 4 is 10.0 Å². The zero-order valence-corrected chi connectivity index (χ0v) is 13.2. The smallest absolute Gasteiger partial charge is 0.272 e. The molecule has 2 N–H and O–H groups in total. The van der Waals surface area contributed by atoms with E-state index >= 15 is 0 Å². The summed E-state index contributed by atoms with van der Waals surface area (Å²) < 4.78 is 30.1. The molecule has 8 heteroatoms. The summed E-state index contributed by atoms with van der Waals surface area (Å²) in [4.78, 5) is 11.6. The number of sulfonamides is 1. The molecule has 0 aliphatic heterocycles. The number of aromatic amines is 1. The molecule has 1 aromatic heterocycles. The third kappa shape index (κ3) is 5.04. The van der Waals surface area contributed by atoms with E-state index < -0.39 is 10.0 Å². The van der Waals surface area contributed by atoms with Crippen molar-refractivity contribution in [2.24, 2.45) is 0 Å². The number of benzene rings is 1. The summed E-state index contributed by atoms with van der Waals surface area (Å²) in [6, 6.07) is 8.70. The lowest BCUT2D eigenvalue weighted by atomic mass is 10.1. The Hall–Kier alpha value is -2.45. The largest absolute Gasteiger partial charge is 0.494 e. The monoisotopic (exact) mass is 335 g/mol. The summed E-state index contributed by atoms with van der Waals surface area (Å²) in [6.07, 6.45) is 2.05. The Balaban J connectivity index is 1.85. The standard InChI is InChI=1S/C15H17N3O4S/c1-2-23(20,21)17-9-3-11-22-13-6-4-12(5-7-13)14-8-10-16-18-15(14)19/h2,4-8,10,17H,1,3,9,11H2,(H,18,19). The topological polar surface area (TPSA) is 101 Å². The molecule has 1 heterocycles.